The van der Waals surface area contributed by atoms with E-state index < -0.39 is 0 Å². The minimum Gasteiger partial charge on any atom is -0.399 e. The van der Waals surface area contributed by atoms with Gasteiger partial charge in [0, 0.05) is 25.3 Å². The number of nitrogen functional groups attached to an aromatic ring is 1. The molecule has 110 valence electrons. The van der Waals surface area contributed by atoms with Crippen LogP contribution >= 0.6 is 0 Å². The highest BCUT2D eigenvalue weighted by Crippen LogP contribution is 2.27. The van der Waals surface area contributed by atoms with E-state index in [4.69, 9.17) is 10.5 Å². The summed E-state index contributed by atoms with van der Waals surface area (Å²) in [4.78, 5) is 14.4. The monoisotopic (exact) mass is 277 g/mol. The van der Waals surface area contributed by atoms with Crippen LogP contribution in [0, 0.1) is 0 Å². The molecule has 0 unspecified atom stereocenters. The zero-order valence-corrected chi connectivity index (χ0v) is 12.3. The summed E-state index contributed by atoms with van der Waals surface area (Å²) in [5, 5.41) is 2.85. The van der Waals surface area contributed by atoms with Crippen LogP contribution in [0.5, 0.6) is 0 Å². The maximum absolute atomic E-state index is 12.2. The minimum atomic E-state index is -0.0608. The molecule has 1 aromatic rings. The molecule has 1 aliphatic rings. The van der Waals surface area contributed by atoms with Gasteiger partial charge in [0.05, 0.1) is 23.5 Å². The molecular weight excluding hydrogens is 254 g/mol. The summed E-state index contributed by atoms with van der Waals surface area (Å²) in [7, 11) is 0. The number of hydrogen-bond acceptors (Lipinski definition) is 4. The molecule has 2 rings (SSSR count). The Balaban J connectivity index is 2.33. The number of rotatable bonds is 3. The molecule has 20 heavy (non-hydrogen) atoms. The molecule has 0 aromatic heterocycles. The number of nitrogens with zero attached hydrogens (tertiary/aromatic N) is 1. The molecule has 3 N–H and O–H groups in total. The van der Waals surface area contributed by atoms with Gasteiger partial charge in [-0.2, -0.15) is 0 Å². The third-order valence-electron chi connectivity index (χ3n) is 3.36. The molecule has 2 atom stereocenters. The van der Waals surface area contributed by atoms with Gasteiger partial charge < -0.3 is 20.7 Å². The largest absolute Gasteiger partial charge is 0.399 e. The summed E-state index contributed by atoms with van der Waals surface area (Å²) in [6, 6.07) is 5.43. The van der Waals surface area contributed by atoms with Crippen molar-refractivity contribution in [3.8, 4) is 0 Å². The highest BCUT2D eigenvalue weighted by molar-refractivity contribution is 6.00. The molecular formula is C15H23N3O2. The third kappa shape index (κ3) is 3.22. The first-order valence-corrected chi connectivity index (χ1v) is 7.09. The van der Waals surface area contributed by atoms with Crippen LogP contribution in [0.2, 0.25) is 0 Å². The number of carbonyl (C=O) groups excluding carboxylic acids is 1. The maximum Gasteiger partial charge on any atom is 0.253 e. The fourth-order valence-electron chi connectivity index (χ4n) is 2.63. The van der Waals surface area contributed by atoms with E-state index in [-0.39, 0.29) is 18.1 Å². The molecule has 5 heteroatoms. The van der Waals surface area contributed by atoms with Crippen LogP contribution in [-0.4, -0.2) is 37.7 Å². The van der Waals surface area contributed by atoms with Gasteiger partial charge in [-0.25, -0.2) is 0 Å². The van der Waals surface area contributed by atoms with Crippen molar-refractivity contribution in [1.29, 1.82) is 0 Å². The first kappa shape index (κ1) is 14.7. The maximum atomic E-state index is 12.2. The Labute approximate surface area is 120 Å². The van der Waals surface area contributed by atoms with Crippen molar-refractivity contribution in [1.82, 2.24) is 5.32 Å². The summed E-state index contributed by atoms with van der Waals surface area (Å²) in [5.41, 5.74) is 8.11. The molecule has 5 nitrogen and oxygen atoms in total. The van der Waals surface area contributed by atoms with E-state index in [2.05, 4.69) is 10.2 Å². The molecule has 1 amide bonds. The molecule has 1 aliphatic heterocycles. The van der Waals surface area contributed by atoms with Crippen molar-refractivity contribution in [3.05, 3.63) is 23.8 Å². The van der Waals surface area contributed by atoms with Gasteiger partial charge in [0.2, 0.25) is 0 Å². The topological polar surface area (TPSA) is 67.6 Å². The Hall–Kier alpha value is -1.75. The van der Waals surface area contributed by atoms with Gasteiger partial charge in [-0.1, -0.05) is 0 Å². The quantitative estimate of drug-likeness (QED) is 0.824. The van der Waals surface area contributed by atoms with E-state index in [1.54, 1.807) is 12.1 Å². The summed E-state index contributed by atoms with van der Waals surface area (Å²) in [5.74, 6) is -0.0608. The second kappa shape index (κ2) is 6.13. The summed E-state index contributed by atoms with van der Waals surface area (Å²) in [6.45, 7) is 8.13. The standard InChI is InChI=1S/C15H23N3O2/c1-4-17-15(19)13-6-5-12(16)7-14(13)18-8-10(2)20-11(3)9-18/h5-7,10-11H,4,8-9,16H2,1-3H3,(H,17,19)/t10-,11+. The van der Waals surface area contributed by atoms with Gasteiger partial charge in [0.1, 0.15) is 0 Å². The van der Waals surface area contributed by atoms with Crippen LogP contribution in [-0.2, 0) is 4.74 Å². The van der Waals surface area contributed by atoms with Crippen molar-refractivity contribution < 1.29 is 9.53 Å². The van der Waals surface area contributed by atoms with Gasteiger partial charge in [0.25, 0.3) is 5.91 Å². The number of carbonyl (C=O) groups is 1. The van der Waals surface area contributed by atoms with Gasteiger partial charge in [-0.3, -0.25) is 4.79 Å². The van der Waals surface area contributed by atoms with Crippen LogP contribution in [0.4, 0.5) is 11.4 Å². The van der Waals surface area contributed by atoms with Gasteiger partial charge in [0.15, 0.2) is 0 Å². The van der Waals surface area contributed by atoms with Gasteiger partial charge in [-0.15, -0.1) is 0 Å². The fourth-order valence-corrected chi connectivity index (χ4v) is 2.63. The molecule has 0 aliphatic carbocycles. The van der Waals surface area contributed by atoms with Crippen molar-refractivity contribution in [2.75, 3.05) is 30.3 Å². The molecule has 1 aromatic carbocycles. The third-order valence-corrected chi connectivity index (χ3v) is 3.36. The van der Waals surface area contributed by atoms with Crippen LogP contribution in [0.3, 0.4) is 0 Å². The lowest BCUT2D eigenvalue weighted by Crippen LogP contribution is -2.46. The Morgan fingerprint density at radius 3 is 2.65 bits per heavy atom. The molecule has 0 radical (unpaired) electrons. The van der Waals surface area contributed by atoms with Crippen LogP contribution < -0.4 is 16.0 Å². The van der Waals surface area contributed by atoms with Crippen LogP contribution in [0.15, 0.2) is 18.2 Å². The van der Waals surface area contributed by atoms with Crippen molar-refractivity contribution in [2.24, 2.45) is 0 Å². The van der Waals surface area contributed by atoms with E-state index >= 15 is 0 Å². The first-order valence-electron chi connectivity index (χ1n) is 7.09. The number of anilines is 2. The number of amides is 1. The molecule has 0 saturated carbocycles. The zero-order valence-electron chi connectivity index (χ0n) is 12.3. The summed E-state index contributed by atoms with van der Waals surface area (Å²) < 4.78 is 5.74. The molecule has 0 spiro atoms. The predicted octanol–water partition coefficient (Wildman–Crippen LogP) is 1.63. The number of nitrogens with two attached hydrogens (primary N) is 1. The van der Waals surface area contributed by atoms with Crippen molar-refractivity contribution in [2.45, 2.75) is 33.0 Å². The molecule has 1 heterocycles. The van der Waals surface area contributed by atoms with Crippen LogP contribution in [0.25, 0.3) is 0 Å². The minimum absolute atomic E-state index is 0.0608. The Morgan fingerprint density at radius 2 is 2.05 bits per heavy atom. The van der Waals surface area contributed by atoms with Gasteiger partial charge >= 0.3 is 0 Å². The predicted molar refractivity (Wildman–Crippen MR) is 81.1 cm³/mol. The average Bonchev–Trinajstić information content (AvgIpc) is 2.37. The zero-order chi connectivity index (χ0) is 14.7. The lowest BCUT2D eigenvalue weighted by atomic mass is 10.1. The average molecular weight is 277 g/mol. The normalized spacial score (nSPS) is 22.6. The first-order chi connectivity index (χ1) is 9.51. The number of benzene rings is 1. The second-order valence-electron chi connectivity index (χ2n) is 5.30. The van der Waals surface area contributed by atoms with Crippen molar-refractivity contribution in [3.63, 3.8) is 0 Å². The number of nitrogens with one attached hydrogen (secondary N) is 1. The summed E-state index contributed by atoms with van der Waals surface area (Å²) in [6.07, 6.45) is 0.282. The fraction of sp³-hybridized carbons (Fsp3) is 0.533. The van der Waals surface area contributed by atoms with E-state index in [9.17, 15) is 4.79 Å². The van der Waals surface area contributed by atoms with Crippen LogP contribution in [0.1, 0.15) is 31.1 Å². The second-order valence-corrected chi connectivity index (χ2v) is 5.30. The van der Waals surface area contributed by atoms with Gasteiger partial charge in [-0.05, 0) is 39.0 Å². The van der Waals surface area contributed by atoms with Crippen molar-refractivity contribution >= 4 is 17.3 Å². The Kier molecular flexibility index (Phi) is 4.49. The molecule has 0 bridgehead atoms. The van der Waals surface area contributed by atoms with E-state index in [0.29, 0.717) is 17.8 Å². The molecule has 1 saturated heterocycles. The molecule has 1 fully saturated rings. The highest BCUT2D eigenvalue weighted by atomic mass is 16.5. The van der Waals surface area contributed by atoms with E-state index in [1.165, 1.54) is 0 Å². The Bertz CT molecular complexity index is 480. The lowest BCUT2D eigenvalue weighted by molar-refractivity contribution is -0.00527. The van der Waals surface area contributed by atoms with E-state index in [1.807, 2.05) is 26.8 Å². The smallest absolute Gasteiger partial charge is 0.253 e. The number of hydrogen-bond donors (Lipinski definition) is 2. The number of ether oxygens (including phenoxy) is 1. The summed E-state index contributed by atoms with van der Waals surface area (Å²) >= 11 is 0. The SMILES string of the molecule is CCNC(=O)c1ccc(N)cc1N1C[C@@H](C)O[C@@H](C)C1. The van der Waals surface area contributed by atoms with E-state index in [0.717, 1.165) is 18.8 Å². The number of morpholine rings is 1. The highest BCUT2D eigenvalue weighted by Gasteiger charge is 2.25. The Morgan fingerprint density at radius 1 is 1.40 bits per heavy atom. The lowest BCUT2D eigenvalue weighted by Gasteiger charge is -2.37.